The lowest BCUT2D eigenvalue weighted by Crippen LogP contribution is -2.44. The Morgan fingerprint density at radius 2 is 2.00 bits per heavy atom. The summed E-state index contributed by atoms with van der Waals surface area (Å²) < 4.78 is 1.28. The maximum Gasteiger partial charge on any atom is 0.292 e. The molecule has 2 aromatic rings. The van der Waals surface area contributed by atoms with Crippen molar-refractivity contribution in [1.82, 2.24) is 14.7 Å². The van der Waals surface area contributed by atoms with Crippen molar-refractivity contribution < 1.29 is 5.11 Å². The Morgan fingerprint density at radius 3 is 2.64 bits per heavy atom. The van der Waals surface area contributed by atoms with E-state index in [4.69, 9.17) is 28.3 Å². The van der Waals surface area contributed by atoms with Gasteiger partial charge >= 0.3 is 0 Å². The molecular weight excluding hydrogens is 399 g/mol. The summed E-state index contributed by atoms with van der Waals surface area (Å²) in [5.74, 6) is 0. The van der Waals surface area contributed by atoms with E-state index in [1.807, 2.05) is 13.0 Å². The summed E-state index contributed by atoms with van der Waals surface area (Å²) in [5.41, 5.74) is 1.87. The van der Waals surface area contributed by atoms with Crippen LogP contribution in [0.25, 0.3) is 5.69 Å². The van der Waals surface area contributed by atoms with Crippen molar-refractivity contribution in [2.75, 3.05) is 38.2 Å². The van der Waals surface area contributed by atoms with E-state index in [2.05, 4.69) is 21.9 Å². The number of anilines is 1. The highest BCUT2D eigenvalue weighted by Crippen LogP contribution is 2.27. The summed E-state index contributed by atoms with van der Waals surface area (Å²) in [6.45, 7) is 4.64. The van der Waals surface area contributed by atoms with E-state index in [1.54, 1.807) is 18.3 Å². The van der Waals surface area contributed by atoms with Gasteiger partial charge in [0.25, 0.3) is 5.56 Å². The maximum absolute atomic E-state index is 12.8. The van der Waals surface area contributed by atoms with Crippen LogP contribution in [-0.2, 0) is 0 Å². The second-order valence-electron chi connectivity index (χ2n) is 7.27. The summed E-state index contributed by atoms with van der Waals surface area (Å²) in [5, 5.41) is 14.1. The highest BCUT2D eigenvalue weighted by molar-refractivity contribution is 6.33. The summed E-state index contributed by atoms with van der Waals surface area (Å²) >= 11 is 12.6. The minimum atomic E-state index is -0.346. The van der Waals surface area contributed by atoms with Gasteiger partial charge in [-0.25, -0.2) is 0 Å². The van der Waals surface area contributed by atoms with Crippen molar-refractivity contribution in [3.63, 3.8) is 0 Å². The average Bonchev–Trinajstić information content (AvgIpc) is 2.70. The molecule has 3 rings (SSSR count). The predicted molar refractivity (Wildman–Crippen MR) is 114 cm³/mol. The van der Waals surface area contributed by atoms with Gasteiger partial charge in [0.2, 0.25) is 0 Å². The number of piperidine rings is 1. The SMILES string of the molecule is Cc1ccc(-n2ncc(N3CCC(N(C)CCCO)CC3)c(Cl)c2=O)cc1Cl. The fraction of sp³-hybridized carbons (Fsp3) is 0.500. The van der Waals surface area contributed by atoms with Crippen LogP contribution in [0.15, 0.2) is 29.2 Å². The number of aliphatic hydroxyl groups excluding tert-OH is 1. The molecule has 0 amide bonds. The Kier molecular flexibility index (Phi) is 6.99. The number of aryl methyl sites for hydroxylation is 1. The minimum absolute atomic E-state index is 0.179. The molecule has 0 atom stereocenters. The van der Waals surface area contributed by atoms with Gasteiger partial charge < -0.3 is 14.9 Å². The van der Waals surface area contributed by atoms with Gasteiger partial charge in [0.15, 0.2) is 0 Å². The lowest BCUT2D eigenvalue weighted by molar-refractivity contribution is 0.184. The molecule has 0 aliphatic carbocycles. The Bertz CT molecular complexity index is 879. The lowest BCUT2D eigenvalue weighted by Gasteiger charge is -2.37. The number of benzene rings is 1. The topological polar surface area (TPSA) is 61.6 Å². The predicted octanol–water partition coefficient (Wildman–Crippen LogP) is 3.13. The molecule has 6 nitrogen and oxygen atoms in total. The molecule has 28 heavy (non-hydrogen) atoms. The zero-order valence-electron chi connectivity index (χ0n) is 16.2. The van der Waals surface area contributed by atoms with E-state index < -0.39 is 0 Å². The van der Waals surface area contributed by atoms with E-state index in [9.17, 15) is 4.79 Å². The van der Waals surface area contributed by atoms with Crippen molar-refractivity contribution in [2.24, 2.45) is 0 Å². The molecule has 1 fully saturated rings. The second-order valence-corrected chi connectivity index (χ2v) is 8.06. The van der Waals surface area contributed by atoms with E-state index in [-0.39, 0.29) is 17.2 Å². The zero-order valence-corrected chi connectivity index (χ0v) is 17.7. The zero-order chi connectivity index (χ0) is 20.3. The molecule has 1 saturated heterocycles. The standard InChI is InChI=1S/C20H26Cl2N4O2/c1-14-4-5-16(12-17(14)21)26-20(28)19(22)18(13-23-26)25-9-6-15(7-10-25)24(2)8-3-11-27/h4-5,12-13,15,27H,3,6-11H2,1-2H3. The molecule has 0 radical (unpaired) electrons. The first-order valence-electron chi connectivity index (χ1n) is 9.52. The first-order valence-corrected chi connectivity index (χ1v) is 10.3. The van der Waals surface area contributed by atoms with Gasteiger partial charge in [-0.3, -0.25) is 4.79 Å². The first kappa shape index (κ1) is 21.1. The van der Waals surface area contributed by atoms with Crippen molar-refractivity contribution >= 4 is 28.9 Å². The number of halogens is 2. The van der Waals surface area contributed by atoms with Crippen LogP contribution >= 0.6 is 23.2 Å². The highest BCUT2D eigenvalue weighted by atomic mass is 35.5. The fourth-order valence-corrected chi connectivity index (χ4v) is 4.02. The Hall–Kier alpha value is -1.60. The van der Waals surface area contributed by atoms with Crippen LogP contribution in [0.1, 0.15) is 24.8 Å². The molecule has 8 heteroatoms. The molecule has 2 heterocycles. The van der Waals surface area contributed by atoms with Gasteiger partial charge in [0.05, 0.1) is 17.6 Å². The fourth-order valence-electron chi connectivity index (χ4n) is 3.59. The maximum atomic E-state index is 12.8. The molecule has 152 valence electrons. The molecule has 0 unspecified atom stereocenters. The molecule has 0 bridgehead atoms. The van der Waals surface area contributed by atoms with Gasteiger partial charge in [-0.2, -0.15) is 9.78 Å². The Morgan fingerprint density at radius 1 is 1.29 bits per heavy atom. The van der Waals surface area contributed by atoms with E-state index >= 15 is 0 Å². The average molecular weight is 425 g/mol. The molecule has 1 N–H and O–H groups in total. The number of hydrogen-bond acceptors (Lipinski definition) is 5. The number of hydrogen-bond donors (Lipinski definition) is 1. The van der Waals surface area contributed by atoms with Gasteiger partial charge in [0.1, 0.15) is 5.02 Å². The molecule has 1 aromatic carbocycles. The van der Waals surface area contributed by atoms with Crippen molar-refractivity contribution in [3.05, 3.63) is 50.4 Å². The first-order chi connectivity index (χ1) is 13.4. The third-order valence-corrected chi connectivity index (χ3v) is 6.16. The monoisotopic (exact) mass is 424 g/mol. The lowest BCUT2D eigenvalue weighted by atomic mass is 10.0. The Labute approximate surface area is 175 Å². The second kappa shape index (κ2) is 9.27. The van der Waals surface area contributed by atoms with Gasteiger partial charge in [0, 0.05) is 37.3 Å². The smallest absolute Gasteiger partial charge is 0.292 e. The highest BCUT2D eigenvalue weighted by Gasteiger charge is 2.25. The summed E-state index contributed by atoms with van der Waals surface area (Å²) in [7, 11) is 2.10. The third kappa shape index (κ3) is 4.51. The normalized spacial score (nSPS) is 15.4. The number of aromatic nitrogens is 2. The largest absolute Gasteiger partial charge is 0.396 e. The number of rotatable bonds is 6. The van der Waals surface area contributed by atoms with Gasteiger partial charge in [-0.05, 0) is 50.9 Å². The van der Waals surface area contributed by atoms with E-state index in [0.717, 1.165) is 44.5 Å². The quantitative estimate of drug-likeness (QED) is 0.771. The summed E-state index contributed by atoms with van der Waals surface area (Å²) in [6, 6.07) is 5.85. The van der Waals surface area contributed by atoms with Crippen LogP contribution in [0.5, 0.6) is 0 Å². The van der Waals surface area contributed by atoms with Crippen molar-refractivity contribution in [2.45, 2.75) is 32.2 Å². The molecule has 1 aliphatic rings. The minimum Gasteiger partial charge on any atom is -0.396 e. The van der Waals surface area contributed by atoms with Crippen LogP contribution in [0.2, 0.25) is 10.0 Å². The van der Waals surface area contributed by atoms with Crippen LogP contribution < -0.4 is 10.5 Å². The van der Waals surface area contributed by atoms with Crippen LogP contribution in [0.3, 0.4) is 0 Å². The third-order valence-electron chi connectivity index (χ3n) is 5.40. The number of nitrogens with zero attached hydrogens (tertiary/aromatic N) is 4. The Balaban J connectivity index is 1.75. The van der Waals surface area contributed by atoms with Crippen molar-refractivity contribution in [3.8, 4) is 5.69 Å². The van der Waals surface area contributed by atoms with Crippen LogP contribution in [0, 0.1) is 6.92 Å². The molecular formula is C20H26Cl2N4O2. The van der Waals surface area contributed by atoms with Crippen molar-refractivity contribution in [1.29, 1.82) is 0 Å². The van der Waals surface area contributed by atoms with Crippen LogP contribution in [0.4, 0.5) is 5.69 Å². The molecule has 1 aromatic heterocycles. The molecule has 0 spiro atoms. The van der Waals surface area contributed by atoms with Gasteiger partial charge in [-0.1, -0.05) is 29.3 Å². The van der Waals surface area contributed by atoms with E-state index in [1.165, 1.54) is 4.68 Å². The summed E-state index contributed by atoms with van der Waals surface area (Å²) in [4.78, 5) is 17.2. The van der Waals surface area contributed by atoms with E-state index in [0.29, 0.717) is 22.4 Å². The molecule has 0 saturated carbocycles. The summed E-state index contributed by atoms with van der Waals surface area (Å²) in [6.07, 6.45) is 4.41. The van der Waals surface area contributed by atoms with Gasteiger partial charge in [-0.15, -0.1) is 0 Å². The van der Waals surface area contributed by atoms with Crippen LogP contribution in [-0.4, -0.2) is 59.1 Å². The molecule has 1 aliphatic heterocycles. The number of aliphatic hydroxyl groups is 1.